The van der Waals surface area contributed by atoms with Crippen molar-refractivity contribution in [2.24, 2.45) is 4.99 Å². The molecular weight excluding hydrogens is 186 g/mol. The maximum atomic E-state index is 6.00. The van der Waals surface area contributed by atoms with E-state index in [4.69, 9.17) is 16.3 Å². The van der Waals surface area contributed by atoms with Crippen molar-refractivity contribution in [2.75, 3.05) is 6.61 Å². The Kier molecular flexibility index (Phi) is 2.23. The molecule has 1 aliphatic heterocycles. The van der Waals surface area contributed by atoms with Gasteiger partial charge in [0.05, 0.1) is 18.2 Å². The molecule has 68 valence electrons. The van der Waals surface area contributed by atoms with Gasteiger partial charge in [0.1, 0.15) is 5.75 Å². The third-order valence-electron chi connectivity index (χ3n) is 1.99. The predicted octanol–water partition coefficient (Wildman–Crippen LogP) is 2.67. The van der Waals surface area contributed by atoms with Gasteiger partial charge in [-0.15, -0.1) is 0 Å². The summed E-state index contributed by atoms with van der Waals surface area (Å²) >= 11 is 6.00. The van der Waals surface area contributed by atoms with E-state index in [1.54, 1.807) is 0 Å². The summed E-state index contributed by atoms with van der Waals surface area (Å²) < 4.78 is 5.37. The molecule has 0 amide bonds. The van der Waals surface area contributed by atoms with Crippen LogP contribution in [0.2, 0.25) is 5.02 Å². The van der Waals surface area contributed by atoms with Gasteiger partial charge in [-0.05, 0) is 30.2 Å². The van der Waals surface area contributed by atoms with Crippen molar-refractivity contribution < 1.29 is 4.74 Å². The second-order valence-corrected chi connectivity index (χ2v) is 3.29. The van der Waals surface area contributed by atoms with Crippen molar-refractivity contribution >= 4 is 17.8 Å². The van der Waals surface area contributed by atoms with Gasteiger partial charge in [0.25, 0.3) is 0 Å². The quantitative estimate of drug-likeness (QED) is 0.711. The van der Waals surface area contributed by atoms with Crippen LogP contribution in [0.3, 0.4) is 0 Å². The van der Waals surface area contributed by atoms with Crippen molar-refractivity contribution in [1.29, 1.82) is 0 Å². The number of rotatable bonds is 2. The number of hydrogen-bond donors (Lipinski definition) is 0. The third kappa shape index (κ3) is 1.54. The molecule has 1 aliphatic rings. The summed E-state index contributed by atoms with van der Waals surface area (Å²) in [5.74, 6) is 0.758. The Morgan fingerprint density at radius 2 is 2.38 bits per heavy atom. The number of hydrogen-bond acceptors (Lipinski definition) is 2. The smallest absolute Gasteiger partial charge is 0.138 e. The number of benzene rings is 1. The molecule has 0 aliphatic carbocycles. The Bertz CT molecular complexity index is 360. The molecule has 13 heavy (non-hydrogen) atoms. The highest BCUT2D eigenvalue weighted by Gasteiger charge is 2.10. The first-order chi connectivity index (χ1) is 6.31. The third-order valence-corrected chi connectivity index (χ3v) is 2.28. The van der Waals surface area contributed by atoms with Gasteiger partial charge in [-0.1, -0.05) is 11.6 Å². The fourth-order valence-electron chi connectivity index (χ4n) is 1.38. The monoisotopic (exact) mass is 195 g/mol. The highest BCUT2D eigenvalue weighted by molar-refractivity contribution is 6.32. The molecule has 1 aromatic carbocycles. The number of ether oxygens (including phenoxy) is 1. The van der Waals surface area contributed by atoms with Crippen LogP contribution in [0.25, 0.3) is 0 Å². The summed E-state index contributed by atoms with van der Waals surface area (Å²) in [6, 6.07) is 3.87. The number of halogens is 1. The average molecular weight is 196 g/mol. The van der Waals surface area contributed by atoms with Crippen LogP contribution in [0.1, 0.15) is 18.1 Å². The van der Waals surface area contributed by atoms with Crippen molar-refractivity contribution in [3.63, 3.8) is 0 Å². The van der Waals surface area contributed by atoms with E-state index < -0.39 is 0 Å². The molecule has 2 nitrogen and oxygen atoms in total. The molecule has 0 saturated carbocycles. The van der Waals surface area contributed by atoms with Gasteiger partial charge < -0.3 is 4.74 Å². The van der Waals surface area contributed by atoms with E-state index in [9.17, 15) is 0 Å². The lowest BCUT2D eigenvalue weighted by Crippen LogP contribution is -1.94. The topological polar surface area (TPSA) is 21.6 Å². The molecule has 0 bridgehead atoms. The Morgan fingerprint density at radius 1 is 1.54 bits per heavy atom. The van der Waals surface area contributed by atoms with Gasteiger partial charge in [-0.2, -0.15) is 0 Å². The second-order valence-electron chi connectivity index (χ2n) is 2.88. The molecule has 0 atom stereocenters. The van der Waals surface area contributed by atoms with Gasteiger partial charge in [-0.25, -0.2) is 0 Å². The van der Waals surface area contributed by atoms with Crippen molar-refractivity contribution in [1.82, 2.24) is 0 Å². The lowest BCUT2D eigenvalue weighted by molar-refractivity contribution is 0.340. The van der Waals surface area contributed by atoms with Gasteiger partial charge in [0.15, 0.2) is 0 Å². The first-order valence-electron chi connectivity index (χ1n) is 4.26. The fourth-order valence-corrected chi connectivity index (χ4v) is 1.60. The summed E-state index contributed by atoms with van der Waals surface area (Å²) in [6.07, 6.45) is 1.84. The first kappa shape index (κ1) is 8.57. The maximum absolute atomic E-state index is 6.00. The fraction of sp³-hybridized carbons (Fsp3) is 0.300. The van der Waals surface area contributed by atoms with Crippen LogP contribution in [0, 0.1) is 0 Å². The first-order valence-corrected chi connectivity index (χ1v) is 4.64. The van der Waals surface area contributed by atoms with Crippen molar-refractivity contribution in [3.05, 3.63) is 28.3 Å². The molecule has 0 unspecified atom stereocenters. The summed E-state index contributed by atoms with van der Waals surface area (Å²) in [4.78, 5) is 4.15. The molecule has 1 aromatic rings. The largest absolute Gasteiger partial charge is 0.492 e. The Labute approximate surface area is 82.2 Å². The summed E-state index contributed by atoms with van der Waals surface area (Å²) in [7, 11) is 0. The maximum Gasteiger partial charge on any atom is 0.138 e. The predicted molar refractivity (Wildman–Crippen MR) is 53.9 cm³/mol. The van der Waals surface area contributed by atoms with Gasteiger partial charge in [0.2, 0.25) is 0 Å². The zero-order valence-corrected chi connectivity index (χ0v) is 8.14. The molecule has 1 heterocycles. The van der Waals surface area contributed by atoms with E-state index in [2.05, 4.69) is 4.99 Å². The van der Waals surface area contributed by atoms with Crippen LogP contribution >= 0.6 is 11.6 Å². The number of fused-ring (bicyclic) bond motifs is 1. The SMILES string of the molecule is CCOc1cc2c(cc1Cl)C=NC2. The van der Waals surface area contributed by atoms with Gasteiger partial charge in [-0.3, -0.25) is 4.99 Å². The van der Waals surface area contributed by atoms with Crippen LogP contribution in [0.15, 0.2) is 17.1 Å². The summed E-state index contributed by atoms with van der Waals surface area (Å²) in [5.41, 5.74) is 2.29. The van der Waals surface area contributed by atoms with E-state index in [0.717, 1.165) is 17.9 Å². The minimum atomic E-state index is 0.638. The van der Waals surface area contributed by atoms with Gasteiger partial charge >= 0.3 is 0 Å². The van der Waals surface area contributed by atoms with Crippen LogP contribution in [-0.4, -0.2) is 12.8 Å². The van der Waals surface area contributed by atoms with E-state index >= 15 is 0 Å². The summed E-state index contributed by atoms with van der Waals surface area (Å²) in [6.45, 7) is 3.33. The molecule has 0 spiro atoms. The van der Waals surface area contributed by atoms with E-state index in [1.807, 2.05) is 25.3 Å². The molecule has 0 aromatic heterocycles. The van der Waals surface area contributed by atoms with Crippen LogP contribution < -0.4 is 4.74 Å². The summed E-state index contributed by atoms with van der Waals surface area (Å²) in [5, 5.41) is 0.661. The highest BCUT2D eigenvalue weighted by atomic mass is 35.5. The Balaban J connectivity index is 2.40. The van der Waals surface area contributed by atoms with E-state index in [1.165, 1.54) is 5.56 Å². The minimum Gasteiger partial charge on any atom is -0.492 e. The second kappa shape index (κ2) is 3.38. The van der Waals surface area contributed by atoms with Crippen LogP contribution in [-0.2, 0) is 6.54 Å². The molecular formula is C10H10ClNO. The molecule has 2 rings (SSSR count). The zero-order valence-electron chi connectivity index (χ0n) is 7.38. The van der Waals surface area contributed by atoms with Gasteiger partial charge in [0, 0.05) is 6.21 Å². The lowest BCUT2D eigenvalue weighted by Gasteiger charge is -2.07. The highest BCUT2D eigenvalue weighted by Crippen LogP contribution is 2.29. The van der Waals surface area contributed by atoms with E-state index in [-0.39, 0.29) is 0 Å². The normalized spacial score (nSPS) is 13.1. The van der Waals surface area contributed by atoms with Crippen LogP contribution in [0.4, 0.5) is 0 Å². The molecule has 0 fully saturated rings. The minimum absolute atomic E-state index is 0.638. The average Bonchev–Trinajstić information content (AvgIpc) is 2.52. The Hall–Kier alpha value is -1.02. The van der Waals surface area contributed by atoms with Crippen molar-refractivity contribution in [3.8, 4) is 5.75 Å². The molecule has 0 radical (unpaired) electrons. The zero-order chi connectivity index (χ0) is 9.26. The lowest BCUT2D eigenvalue weighted by atomic mass is 10.1. The molecule has 0 saturated heterocycles. The number of nitrogens with zero attached hydrogens (tertiary/aromatic N) is 1. The molecule has 0 N–H and O–H groups in total. The van der Waals surface area contributed by atoms with E-state index in [0.29, 0.717) is 11.6 Å². The van der Waals surface area contributed by atoms with Crippen molar-refractivity contribution in [2.45, 2.75) is 13.5 Å². The molecule has 3 heteroatoms. The number of aliphatic imine (C=N–C) groups is 1. The standard InChI is InChI=1S/C10H10ClNO/c1-2-13-10-4-8-6-12-5-7(8)3-9(10)11/h3-5H,2,6H2,1H3. The Morgan fingerprint density at radius 3 is 3.15 bits per heavy atom. The van der Waals surface area contributed by atoms with Crippen LogP contribution in [0.5, 0.6) is 5.75 Å².